The number of aryl methyl sites for hydroxylation is 1. The molecule has 3 aromatic rings. The molecule has 0 aliphatic rings. The lowest BCUT2D eigenvalue weighted by molar-refractivity contribution is -0.246. The molecule has 0 bridgehead atoms. The molecule has 0 saturated carbocycles. The number of aromatic nitrogens is 2. The highest BCUT2D eigenvalue weighted by molar-refractivity contribution is 5.92. The van der Waals surface area contributed by atoms with Crippen LogP contribution in [0.5, 0.6) is 5.75 Å². The van der Waals surface area contributed by atoms with Crippen LogP contribution in [0.15, 0.2) is 35.5 Å². The van der Waals surface area contributed by atoms with Gasteiger partial charge in [0.25, 0.3) is 0 Å². The molecular weight excluding hydrogens is 464 g/mol. The van der Waals surface area contributed by atoms with E-state index in [1.165, 1.54) is 27.0 Å². The highest BCUT2D eigenvalue weighted by Crippen LogP contribution is 2.44. The molecular formula is C23H21F6N3O2. The number of aliphatic hydroxyl groups is 1. The smallest absolute Gasteiger partial charge is 0.422 e. The van der Waals surface area contributed by atoms with Gasteiger partial charge in [0.05, 0.1) is 12.8 Å². The van der Waals surface area contributed by atoms with Crippen LogP contribution in [0.2, 0.25) is 0 Å². The van der Waals surface area contributed by atoms with Crippen molar-refractivity contribution < 1.29 is 36.2 Å². The monoisotopic (exact) mass is 485 g/mol. The lowest BCUT2D eigenvalue weighted by Crippen LogP contribution is -2.53. The lowest BCUT2D eigenvalue weighted by atomic mass is 9.77. The number of hydrogen-bond acceptors (Lipinski definition) is 5. The van der Waals surface area contributed by atoms with Crippen LogP contribution in [0.25, 0.3) is 10.9 Å². The Kier molecular flexibility index (Phi) is 6.88. The minimum absolute atomic E-state index is 0.0138. The van der Waals surface area contributed by atoms with Crippen LogP contribution in [0.3, 0.4) is 0 Å². The first-order valence-electron chi connectivity index (χ1n) is 10.1. The maximum atomic E-state index is 14.2. The second kappa shape index (κ2) is 9.21. The SMILES string of the molecule is COc1cc(F)ccc1C(C)C(C)C(O)(/C=N/c1cc(F)c(F)c2nc(C)ncc12)C(F)(F)F. The van der Waals surface area contributed by atoms with Gasteiger partial charge in [0.15, 0.2) is 17.2 Å². The molecule has 0 amide bonds. The summed E-state index contributed by atoms with van der Waals surface area (Å²) in [6.07, 6.45) is -3.84. The second-order valence-electron chi connectivity index (χ2n) is 7.92. The van der Waals surface area contributed by atoms with Gasteiger partial charge in [0, 0.05) is 35.8 Å². The molecule has 0 spiro atoms. The predicted molar refractivity (Wildman–Crippen MR) is 114 cm³/mol. The van der Waals surface area contributed by atoms with Gasteiger partial charge in [-0.15, -0.1) is 0 Å². The van der Waals surface area contributed by atoms with Gasteiger partial charge in [-0.3, -0.25) is 4.99 Å². The van der Waals surface area contributed by atoms with Crippen molar-refractivity contribution in [2.75, 3.05) is 7.11 Å². The van der Waals surface area contributed by atoms with Crippen molar-refractivity contribution in [1.29, 1.82) is 0 Å². The molecule has 3 atom stereocenters. The second-order valence-corrected chi connectivity index (χ2v) is 7.92. The molecule has 5 nitrogen and oxygen atoms in total. The van der Waals surface area contributed by atoms with E-state index in [4.69, 9.17) is 4.74 Å². The lowest BCUT2D eigenvalue weighted by Gasteiger charge is -2.36. The largest absolute Gasteiger partial charge is 0.496 e. The fraction of sp³-hybridized carbons (Fsp3) is 0.348. The molecule has 3 unspecified atom stereocenters. The van der Waals surface area contributed by atoms with E-state index in [-0.39, 0.29) is 28.7 Å². The summed E-state index contributed by atoms with van der Waals surface area (Å²) in [4.78, 5) is 11.3. The normalized spacial score (nSPS) is 16.0. The fourth-order valence-corrected chi connectivity index (χ4v) is 3.63. The summed E-state index contributed by atoms with van der Waals surface area (Å²) < 4.78 is 89.2. The number of benzene rings is 2. The third-order valence-corrected chi connectivity index (χ3v) is 5.85. The number of alkyl halides is 3. The van der Waals surface area contributed by atoms with Crippen molar-refractivity contribution in [3.8, 4) is 5.75 Å². The summed E-state index contributed by atoms with van der Waals surface area (Å²) in [7, 11) is 1.24. The molecule has 0 saturated heterocycles. The third kappa shape index (κ3) is 4.56. The Labute approximate surface area is 191 Å². The maximum absolute atomic E-state index is 14.2. The van der Waals surface area contributed by atoms with E-state index in [0.717, 1.165) is 25.3 Å². The minimum Gasteiger partial charge on any atom is -0.496 e. The summed E-state index contributed by atoms with van der Waals surface area (Å²) in [5, 5.41) is 10.6. The summed E-state index contributed by atoms with van der Waals surface area (Å²) in [6, 6.07) is 3.96. The standard InChI is InChI=1S/C23H21F6N3O2/c1-11(15-6-5-14(24)7-19(15)34-4)12(2)22(33,23(27,28)29)10-31-18-8-17(25)20(26)21-16(18)9-30-13(3)32-21/h5-12,33H,1-4H3/b31-10+. The highest BCUT2D eigenvalue weighted by atomic mass is 19.4. The molecule has 0 aliphatic carbocycles. The summed E-state index contributed by atoms with van der Waals surface area (Å²) in [5.74, 6) is -5.71. The number of aliphatic imine (C=N–C) groups is 1. The van der Waals surface area contributed by atoms with E-state index >= 15 is 0 Å². The minimum atomic E-state index is -5.20. The Morgan fingerprint density at radius 3 is 2.41 bits per heavy atom. The zero-order valence-electron chi connectivity index (χ0n) is 18.6. The average molecular weight is 485 g/mol. The summed E-state index contributed by atoms with van der Waals surface area (Å²) in [5.41, 5.74) is -4.10. The van der Waals surface area contributed by atoms with Crippen molar-refractivity contribution in [2.24, 2.45) is 10.9 Å². The number of fused-ring (bicyclic) bond motifs is 1. The van der Waals surface area contributed by atoms with Crippen molar-refractivity contribution in [3.05, 3.63) is 59.3 Å². The molecule has 1 heterocycles. The summed E-state index contributed by atoms with van der Waals surface area (Å²) >= 11 is 0. The first kappa shape index (κ1) is 25.4. The zero-order chi connectivity index (χ0) is 25.4. The topological polar surface area (TPSA) is 67.6 Å². The Bertz CT molecular complexity index is 1250. The molecule has 2 aromatic carbocycles. The first-order valence-corrected chi connectivity index (χ1v) is 10.1. The van der Waals surface area contributed by atoms with E-state index < -0.39 is 52.3 Å². The Morgan fingerprint density at radius 2 is 1.79 bits per heavy atom. The van der Waals surface area contributed by atoms with Crippen LogP contribution in [0.4, 0.5) is 32.0 Å². The molecule has 0 aliphatic heterocycles. The molecule has 182 valence electrons. The van der Waals surface area contributed by atoms with Crippen molar-refractivity contribution in [2.45, 2.75) is 38.5 Å². The van der Waals surface area contributed by atoms with Gasteiger partial charge in [-0.25, -0.2) is 23.1 Å². The summed E-state index contributed by atoms with van der Waals surface area (Å²) in [6.45, 7) is 3.99. The maximum Gasteiger partial charge on any atom is 0.422 e. The highest BCUT2D eigenvalue weighted by Gasteiger charge is 2.57. The van der Waals surface area contributed by atoms with E-state index in [1.54, 1.807) is 0 Å². The molecule has 0 radical (unpaired) electrons. The molecule has 1 aromatic heterocycles. The van der Waals surface area contributed by atoms with E-state index in [9.17, 15) is 31.4 Å². The van der Waals surface area contributed by atoms with Crippen molar-refractivity contribution >= 4 is 22.8 Å². The number of ether oxygens (including phenoxy) is 1. The molecule has 34 heavy (non-hydrogen) atoms. The number of methoxy groups -OCH3 is 1. The van der Waals surface area contributed by atoms with Crippen LogP contribution in [-0.4, -0.2) is 40.2 Å². The van der Waals surface area contributed by atoms with Crippen molar-refractivity contribution in [3.63, 3.8) is 0 Å². The van der Waals surface area contributed by atoms with Gasteiger partial charge in [-0.1, -0.05) is 19.9 Å². The van der Waals surface area contributed by atoms with Gasteiger partial charge < -0.3 is 9.84 Å². The number of halogens is 6. The molecule has 1 N–H and O–H groups in total. The van der Waals surface area contributed by atoms with Gasteiger partial charge in [-0.2, -0.15) is 13.2 Å². The molecule has 11 heteroatoms. The van der Waals surface area contributed by atoms with E-state index in [1.807, 2.05) is 0 Å². The van der Waals surface area contributed by atoms with Crippen LogP contribution < -0.4 is 4.74 Å². The Morgan fingerprint density at radius 1 is 1.12 bits per heavy atom. The zero-order valence-corrected chi connectivity index (χ0v) is 18.6. The predicted octanol–water partition coefficient (Wildman–Crippen LogP) is 5.80. The number of nitrogens with zero attached hydrogens (tertiary/aromatic N) is 3. The van der Waals surface area contributed by atoms with Crippen LogP contribution >= 0.6 is 0 Å². The average Bonchev–Trinajstić information content (AvgIpc) is 2.78. The number of rotatable bonds is 6. The number of hydrogen-bond donors (Lipinski definition) is 1. The van der Waals surface area contributed by atoms with Gasteiger partial charge in [-0.05, 0) is 24.5 Å². The van der Waals surface area contributed by atoms with Crippen LogP contribution in [0.1, 0.15) is 31.2 Å². The van der Waals surface area contributed by atoms with Crippen LogP contribution in [0, 0.1) is 30.3 Å². The third-order valence-electron chi connectivity index (χ3n) is 5.85. The fourth-order valence-electron chi connectivity index (χ4n) is 3.63. The van der Waals surface area contributed by atoms with Gasteiger partial charge >= 0.3 is 6.18 Å². The molecule has 0 fully saturated rings. The van der Waals surface area contributed by atoms with Gasteiger partial charge in [0.2, 0.25) is 0 Å². The van der Waals surface area contributed by atoms with Gasteiger partial charge in [0.1, 0.15) is 22.9 Å². The molecule has 3 rings (SSSR count). The Hall–Kier alpha value is -3.21. The van der Waals surface area contributed by atoms with E-state index in [0.29, 0.717) is 6.07 Å². The van der Waals surface area contributed by atoms with Crippen LogP contribution in [-0.2, 0) is 0 Å². The quantitative estimate of drug-likeness (QED) is 0.354. The Balaban J connectivity index is 2.10. The van der Waals surface area contributed by atoms with Crippen molar-refractivity contribution in [1.82, 2.24) is 9.97 Å². The first-order chi connectivity index (χ1) is 15.8. The van der Waals surface area contributed by atoms with E-state index in [2.05, 4.69) is 15.0 Å².